The molecular formula is C66H101ClF3N11O11. The molecule has 2 saturated heterocycles. The molecule has 5 fully saturated rings. The molecule has 11 amide bonds. The van der Waals surface area contributed by atoms with E-state index < -0.39 is 161 Å². The van der Waals surface area contributed by atoms with Crippen LogP contribution >= 0.6 is 11.6 Å². The smallest absolute Gasteiger partial charge is 0.351 e. The third kappa shape index (κ3) is 19.1. The van der Waals surface area contributed by atoms with Crippen LogP contribution in [0.3, 0.4) is 0 Å². The minimum atomic E-state index is -4.74. The summed E-state index contributed by atoms with van der Waals surface area (Å²) in [5.74, 6) is -7.42. The highest BCUT2D eigenvalue weighted by atomic mass is 35.5. The number of benzene rings is 1. The summed E-state index contributed by atoms with van der Waals surface area (Å²) in [5, 5.41) is 11.1. The number of carbonyl (C=O) groups excluding carboxylic acids is 11. The second kappa shape index (κ2) is 33.0. The number of nitrogens with one attached hydrogen (secondary N) is 4. The number of hydrogen-bond donors (Lipinski definition) is 4. The number of likely N-dealkylation sites (N-methyl/N-ethyl adjacent to an activating group) is 6. The normalized spacial score (nSPS) is 27.0. The quantitative estimate of drug-likeness (QED) is 0.221. The van der Waals surface area contributed by atoms with Crippen molar-refractivity contribution in [1.29, 1.82) is 0 Å². The van der Waals surface area contributed by atoms with Gasteiger partial charge in [0.2, 0.25) is 65.0 Å². The number of nitrogens with zero attached hydrogens (tertiary/aromatic N) is 7. The van der Waals surface area contributed by atoms with Crippen LogP contribution in [0.5, 0.6) is 0 Å². The number of halogens is 4. The highest BCUT2D eigenvalue weighted by Gasteiger charge is 2.50. The first kappa shape index (κ1) is 74.5. The largest absolute Gasteiger partial charge is 0.417 e. The van der Waals surface area contributed by atoms with Gasteiger partial charge in [0.15, 0.2) is 0 Å². The SMILES string of the molecule is CC[C@H](C)[C@@H]1NC(=O)[C@H](CC2CCCC2)N(C)C(=O)C[C@@H](C)NC(=O)[C@H](C(C)C)N(C)C(=O)C2(CCCC2)NC(=O)[C@@H]2CCCN2C(=O)[C@H](CCc2ccc(C(F)(F)F)c(Cl)c2)NC(=O)CN(C)C(=O)[C@H](CC2CCCCC2)N(C)C(=O)CN(C)C(=O)CN(C)C1=O. The highest BCUT2D eigenvalue weighted by molar-refractivity contribution is 6.31. The van der Waals surface area contributed by atoms with Crippen LogP contribution in [0.1, 0.15) is 174 Å². The van der Waals surface area contributed by atoms with Crippen molar-refractivity contribution in [3.8, 4) is 0 Å². The summed E-state index contributed by atoms with van der Waals surface area (Å²) < 4.78 is 41.3. The van der Waals surface area contributed by atoms with Crippen LogP contribution in [0, 0.1) is 23.7 Å². The predicted octanol–water partition coefficient (Wildman–Crippen LogP) is 5.70. The van der Waals surface area contributed by atoms with Gasteiger partial charge in [-0.1, -0.05) is 122 Å². The molecule has 514 valence electrons. The fourth-order valence-electron chi connectivity index (χ4n) is 14.2. The van der Waals surface area contributed by atoms with Gasteiger partial charge in [-0.3, -0.25) is 52.7 Å². The molecule has 26 heteroatoms. The molecule has 0 radical (unpaired) electrons. The molecule has 1 aromatic rings. The molecule has 4 N–H and O–H groups in total. The lowest BCUT2D eigenvalue weighted by Gasteiger charge is -2.39. The first-order valence-electron chi connectivity index (χ1n) is 33.2. The lowest BCUT2D eigenvalue weighted by molar-refractivity contribution is -0.149. The Morgan fingerprint density at radius 3 is 1.78 bits per heavy atom. The Hall–Kier alpha value is -6.53. The third-order valence-corrected chi connectivity index (χ3v) is 20.3. The standard InChI is InChI=1S/C66H101ClF3N11O11/c1-12-41(4)56-63(91)77(8)38-54(84)75(6)39-55(85)79(10)51(36-44-21-14-13-15-22-44)62(90)76(7)37-52(82)72-48(29-27-45-26-28-46(47(67)34-45)66(68,69)70)61(89)81-32-20-25-49(81)59(87)74-65(30-18-19-31-65)64(92)80(11)57(40(2)3)60(88)71-42(5)33-53(83)78(9)50(58(86)73-56)35-43-23-16-17-24-43/h26,28,34,40-44,48-51,56-57H,12-25,27,29-33,35-39H2,1-11H3,(H,71,88)(H,72,82)(H,73,86)(H,74,87)/t41-,42+,48-,49-,50-,51-,56-,57-/m0/s1. The number of aryl methyl sites for hydroxylation is 1. The molecule has 3 saturated carbocycles. The molecule has 5 aliphatic rings. The van der Waals surface area contributed by atoms with E-state index in [1.165, 1.54) is 72.9 Å². The first-order chi connectivity index (χ1) is 43.3. The summed E-state index contributed by atoms with van der Waals surface area (Å²) in [6.07, 6.45) is 5.85. The van der Waals surface area contributed by atoms with E-state index in [2.05, 4.69) is 21.3 Å². The second-order valence-electron chi connectivity index (χ2n) is 27.3. The Morgan fingerprint density at radius 2 is 1.20 bits per heavy atom. The summed E-state index contributed by atoms with van der Waals surface area (Å²) in [6, 6.07) is -4.49. The molecule has 2 aliphatic heterocycles. The summed E-state index contributed by atoms with van der Waals surface area (Å²) in [6.45, 7) is 7.30. The molecule has 2 heterocycles. The van der Waals surface area contributed by atoms with Gasteiger partial charge in [-0.05, 0) is 99.7 Å². The zero-order valence-corrected chi connectivity index (χ0v) is 56.6. The maximum atomic E-state index is 15.0. The van der Waals surface area contributed by atoms with Gasteiger partial charge in [-0.2, -0.15) is 13.2 Å². The van der Waals surface area contributed by atoms with Crippen molar-refractivity contribution in [2.75, 3.05) is 68.5 Å². The zero-order valence-electron chi connectivity index (χ0n) is 55.9. The summed E-state index contributed by atoms with van der Waals surface area (Å²) in [7, 11) is 8.65. The van der Waals surface area contributed by atoms with Crippen LogP contribution in [0.25, 0.3) is 0 Å². The van der Waals surface area contributed by atoms with Gasteiger partial charge in [0.1, 0.15) is 41.8 Å². The van der Waals surface area contributed by atoms with Crippen molar-refractivity contribution in [3.63, 3.8) is 0 Å². The Labute approximate surface area is 545 Å². The van der Waals surface area contributed by atoms with Crippen LogP contribution < -0.4 is 21.3 Å². The van der Waals surface area contributed by atoms with Gasteiger partial charge in [0, 0.05) is 61.3 Å². The lowest BCUT2D eigenvalue weighted by Crippen LogP contribution is -2.64. The van der Waals surface area contributed by atoms with E-state index in [-0.39, 0.29) is 63.3 Å². The monoisotopic (exact) mass is 1320 g/mol. The summed E-state index contributed by atoms with van der Waals surface area (Å²) in [4.78, 5) is 169. The van der Waals surface area contributed by atoms with Crippen molar-refractivity contribution in [1.82, 2.24) is 55.6 Å². The number of hydrogen-bond acceptors (Lipinski definition) is 11. The van der Waals surface area contributed by atoms with E-state index in [9.17, 15) is 56.3 Å². The van der Waals surface area contributed by atoms with E-state index in [4.69, 9.17) is 11.6 Å². The number of fused-ring (bicyclic) bond motifs is 1. The molecule has 22 nitrogen and oxygen atoms in total. The van der Waals surface area contributed by atoms with E-state index in [1.54, 1.807) is 27.7 Å². The van der Waals surface area contributed by atoms with Gasteiger partial charge < -0.3 is 55.6 Å². The van der Waals surface area contributed by atoms with Gasteiger partial charge >= 0.3 is 6.18 Å². The summed E-state index contributed by atoms with van der Waals surface area (Å²) in [5.41, 5.74) is -2.24. The summed E-state index contributed by atoms with van der Waals surface area (Å²) >= 11 is 6.12. The molecular weight excluding hydrogens is 1220 g/mol. The van der Waals surface area contributed by atoms with Crippen LogP contribution in [0.2, 0.25) is 5.02 Å². The molecule has 3 aliphatic carbocycles. The maximum absolute atomic E-state index is 15.0. The molecule has 6 rings (SSSR count). The minimum Gasteiger partial charge on any atom is -0.351 e. The van der Waals surface area contributed by atoms with Crippen molar-refractivity contribution >= 4 is 76.6 Å². The average molecular weight is 1320 g/mol. The van der Waals surface area contributed by atoms with Gasteiger partial charge in [0.05, 0.1) is 30.2 Å². The van der Waals surface area contributed by atoms with E-state index in [0.717, 1.165) is 79.7 Å². The Balaban J connectivity index is 1.36. The number of alkyl halides is 3. The van der Waals surface area contributed by atoms with Gasteiger partial charge in [0.25, 0.3) is 0 Å². The van der Waals surface area contributed by atoms with Crippen LogP contribution in [0.4, 0.5) is 13.2 Å². The fraction of sp³-hybridized carbons (Fsp3) is 0.742. The third-order valence-electron chi connectivity index (χ3n) is 20.0. The van der Waals surface area contributed by atoms with Crippen molar-refractivity contribution in [3.05, 3.63) is 34.3 Å². The van der Waals surface area contributed by atoms with Crippen molar-refractivity contribution in [2.45, 2.75) is 223 Å². The maximum Gasteiger partial charge on any atom is 0.417 e. The molecule has 0 unspecified atom stereocenters. The predicted molar refractivity (Wildman–Crippen MR) is 340 cm³/mol. The Kier molecular flexibility index (Phi) is 26.8. The molecule has 0 bridgehead atoms. The van der Waals surface area contributed by atoms with Gasteiger partial charge in [-0.15, -0.1) is 0 Å². The number of carbonyl (C=O) groups is 11. The Morgan fingerprint density at radius 1 is 0.620 bits per heavy atom. The fourth-order valence-corrected chi connectivity index (χ4v) is 14.5. The van der Waals surface area contributed by atoms with Crippen LogP contribution in [-0.4, -0.2) is 216 Å². The molecule has 1 aromatic carbocycles. The van der Waals surface area contributed by atoms with Crippen LogP contribution in [0.15, 0.2) is 18.2 Å². The lowest BCUT2D eigenvalue weighted by atomic mass is 9.84. The van der Waals surface area contributed by atoms with E-state index in [1.807, 2.05) is 6.92 Å². The molecule has 8 atom stereocenters. The minimum absolute atomic E-state index is 0.0360. The van der Waals surface area contributed by atoms with Crippen molar-refractivity contribution in [2.24, 2.45) is 23.7 Å². The van der Waals surface area contributed by atoms with E-state index >= 15 is 9.59 Å². The second-order valence-corrected chi connectivity index (χ2v) is 27.7. The molecule has 1 spiro atoms. The zero-order chi connectivity index (χ0) is 68.1. The Bertz CT molecular complexity index is 2830. The topological polar surface area (TPSA) is 259 Å². The number of amides is 11. The van der Waals surface area contributed by atoms with Gasteiger partial charge in [-0.25, -0.2) is 0 Å². The highest BCUT2D eigenvalue weighted by Crippen LogP contribution is 2.37. The van der Waals surface area contributed by atoms with Crippen molar-refractivity contribution < 1.29 is 65.9 Å². The molecule has 0 aromatic heterocycles. The number of rotatable bonds is 10. The first-order valence-corrected chi connectivity index (χ1v) is 33.6. The average Bonchev–Trinajstić information content (AvgIpc) is 1.56. The van der Waals surface area contributed by atoms with Crippen LogP contribution in [-0.2, 0) is 65.3 Å². The molecule has 92 heavy (non-hydrogen) atoms. The van der Waals surface area contributed by atoms with E-state index in [0.29, 0.717) is 37.7 Å².